The molecule has 0 spiro atoms. The van der Waals surface area contributed by atoms with E-state index in [2.05, 4.69) is 25.7 Å². The van der Waals surface area contributed by atoms with Gasteiger partial charge in [0.15, 0.2) is 0 Å². The summed E-state index contributed by atoms with van der Waals surface area (Å²) in [5.74, 6) is 5.99. The summed E-state index contributed by atoms with van der Waals surface area (Å²) in [4.78, 5) is 0. The molecule has 0 saturated heterocycles. The summed E-state index contributed by atoms with van der Waals surface area (Å²) >= 11 is 0. The molecule has 0 bridgehead atoms. The van der Waals surface area contributed by atoms with Gasteiger partial charge in [-0.05, 0) is 45.4 Å². The number of rotatable bonds is 3. The van der Waals surface area contributed by atoms with Crippen molar-refractivity contribution in [3.63, 3.8) is 0 Å². The molecule has 24 heavy (non-hydrogen) atoms. The van der Waals surface area contributed by atoms with E-state index < -0.39 is 0 Å². The minimum absolute atomic E-state index is 0.469. The molecule has 2 aromatic heterocycles. The number of anilines is 1. The number of hydrogen-bond donors (Lipinski definition) is 3. The Bertz CT molecular complexity index is 897. The van der Waals surface area contributed by atoms with Gasteiger partial charge in [-0.3, -0.25) is 5.10 Å². The summed E-state index contributed by atoms with van der Waals surface area (Å²) in [7, 11) is 0. The monoisotopic (exact) mass is 325 g/mol. The van der Waals surface area contributed by atoms with Crippen molar-refractivity contribution in [2.75, 3.05) is 5.73 Å². The third-order valence-corrected chi connectivity index (χ3v) is 4.02. The van der Waals surface area contributed by atoms with Crippen molar-refractivity contribution in [3.05, 3.63) is 35.0 Å². The average molecular weight is 325 g/mol. The maximum absolute atomic E-state index is 6.23. The van der Waals surface area contributed by atoms with Gasteiger partial charge in [0.05, 0.1) is 17.1 Å². The van der Waals surface area contributed by atoms with Crippen LogP contribution in [0.3, 0.4) is 0 Å². The SMILES string of the molecule is Cc1n[nH]c(C)c1-c1cc(-c2c(C)noc2C)cc(N)c1N=NN. The van der Waals surface area contributed by atoms with Crippen molar-refractivity contribution in [2.24, 2.45) is 16.2 Å². The highest BCUT2D eigenvalue weighted by Gasteiger charge is 2.20. The lowest BCUT2D eigenvalue weighted by molar-refractivity contribution is 0.393. The number of nitrogen functional groups attached to an aromatic ring is 1. The number of hydrogen-bond acceptors (Lipinski definition) is 6. The van der Waals surface area contributed by atoms with Gasteiger partial charge in [-0.15, -0.1) is 5.11 Å². The summed E-state index contributed by atoms with van der Waals surface area (Å²) in [6.45, 7) is 7.62. The third-order valence-electron chi connectivity index (χ3n) is 4.02. The van der Waals surface area contributed by atoms with Crippen molar-refractivity contribution < 1.29 is 4.52 Å². The normalized spacial score (nSPS) is 11.5. The molecule has 0 atom stereocenters. The van der Waals surface area contributed by atoms with Crippen LogP contribution >= 0.6 is 0 Å². The first-order chi connectivity index (χ1) is 11.4. The Morgan fingerprint density at radius 2 is 1.83 bits per heavy atom. The maximum Gasteiger partial charge on any atom is 0.141 e. The fourth-order valence-corrected chi connectivity index (χ4v) is 3.00. The molecule has 8 nitrogen and oxygen atoms in total. The topological polar surface area (TPSA) is 131 Å². The molecule has 0 fully saturated rings. The van der Waals surface area contributed by atoms with Crippen molar-refractivity contribution >= 4 is 11.4 Å². The van der Waals surface area contributed by atoms with E-state index in [-0.39, 0.29) is 0 Å². The van der Waals surface area contributed by atoms with Crippen LogP contribution in [0.2, 0.25) is 0 Å². The molecule has 0 saturated carbocycles. The van der Waals surface area contributed by atoms with Crippen molar-refractivity contribution in [2.45, 2.75) is 27.7 Å². The van der Waals surface area contributed by atoms with Crippen LogP contribution in [0.15, 0.2) is 27.0 Å². The second-order valence-electron chi connectivity index (χ2n) is 5.69. The highest BCUT2D eigenvalue weighted by atomic mass is 16.5. The summed E-state index contributed by atoms with van der Waals surface area (Å²) in [6, 6.07) is 3.81. The van der Waals surface area contributed by atoms with Crippen LogP contribution in [0.25, 0.3) is 22.3 Å². The van der Waals surface area contributed by atoms with Gasteiger partial charge in [0, 0.05) is 22.4 Å². The Morgan fingerprint density at radius 3 is 2.38 bits per heavy atom. The maximum atomic E-state index is 6.23. The Kier molecular flexibility index (Phi) is 3.80. The molecule has 0 unspecified atom stereocenters. The fourth-order valence-electron chi connectivity index (χ4n) is 3.00. The zero-order valence-corrected chi connectivity index (χ0v) is 14.0. The van der Waals surface area contributed by atoms with Crippen molar-refractivity contribution in [1.29, 1.82) is 0 Å². The van der Waals surface area contributed by atoms with Crippen LogP contribution in [0.1, 0.15) is 22.8 Å². The van der Waals surface area contributed by atoms with Gasteiger partial charge in [-0.1, -0.05) is 10.4 Å². The summed E-state index contributed by atoms with van der Waals surface area (Å²) < 4.78 is 5.27. The van der Waals surface area contributed by atoms with Crippen LogP contribution in [0.4, 0.5) is 11.4 Å². The minimum atomic E-state index is 0.469. The predicted octanol–water partition coefficient (Wildman–Crippen LogP) is 3.50. The van der Waals surface area contributed by atoms with Crippen molar-refractivity contribution in [1.82, 2.24) is 15.4 Å². The Hall–Kier alpha value is -3.16. The fraction of sp³-hybridized carbons (Fsp3) is 0.250. The molecule has 5 N–H and O–H groups in total. The molecule has 1 aromatic carbocycles. The van der Waals surface area contributed by atoms with Gasteiger partial charge in [-0.2, -0.15) is 5.10 Å². The number of H-pyrrole nitrogens is 1. The first-order valence-corrected chi connectivity index (χ1v) is 7.43. The van der Waals surface area contributed by atoms with E-state index in [0.717, 1.165) is 45.1 Å². The molecule has 0 radical (unpaired) electrons. The lowest BCUT2D eigenvalue weighted by atomic mass is 9.94. The van der Waals surface area contributed by atoms with E-state index >= 15 is 0 Å². The van der Waals surface area contributed by atoms with E-state index in [4.69, 9.17) is 16.1 Å². The largest absolute Gasteiger partial charge is 0.397 e. The van der Waals surface area contributed by atoms with Gasteiger partial charge in [0.25, 0.3) is 0 Å². The molecule has 124 valence electrons. The number of nitrogens with zero attached hydrogens (tertiary/aromatic N) is 4. The molecular formula is C16H19N7O. The first-order valence-electron chi connectivity index (χ1n) is 7.43. The molecular weight excluding hydrogens is 306 g/mol. The van der Waals surface area contributed by atoms with E-state index in [0.29, 0.717) is 11.4 Å². The molecule has 0 amide bonds. The van der Waals surface area contributed by atoms with Gasteiger partial charge >= 0.3 is 0 Å². The Morgan fingerprint density at radius 1 is 1.08 bits per heavy atom. The van der Waals surface area contributed by atoms with E-state index in [1.54, 1.807) is 0 Å². The van der Waals surface area contributed by atoms with Crippen LogP contribution in [-0.4, -0.2) is 15.4 Å². The lowest BCUT2D eigenvalue weighted by Crippen LogP contribution is -1.94. The lowest BCUT2D eigenvalue weighted by Gasteiger charge is -2.12. The second kappa shape index (κ2) is 5.80. The third kappa shape index (κ3) is 2.41. The van der Waals surface area contributed by atoms with Crippen LogP contribution in [0.5, 0.6) is 0 Å². The first kappa shape index (κ1) is 15.7. The number of aryl methyl sites for hydroxylation is 4. The second-order valence-corrected chi connectivity index (χ2v) is 5.69. The Labute approximate surface area is 138 Å². The average Bonchev–Trinajstić information content (AvgIpc) is 3.04. The van der Waals surface area contributed by atoms with E-state index in [1.807, 2.05) is 39.8 Å². The molecule has 2 heterocycles. The zero-order chi connectivity index (χ0) is 17.4. The summed E-state index contributed by atoms with van der Waals surface area (Å²) in [6.07, 6.45) is 0. The predicted molar refractivity (Wildman–Crippen MR) is 91.6 cm³/mol. The highest BCUT2D eigenvalue weighted by molar-refractivity contribution is 5.91. The molecule has 3 aromatic rings. The van der Waals surface area contributed by atoms with Gasteiger partial charge in [-0.25, -0.2) is 0 Å². The van der Waals surface area contributed by atoms with Crippen LogP contribution in [0, 0.1) is 27.7 Å². The highest BCUT2D eigenvalue weighted by Crippen LogP contribution is 2.42. The van der Waals surface area contributed by atoms with Gasteiger partial charge in [0.1, 0.15) is 11.4 Å². The zero-order valence-electron chi connectivity index (χ0n) is 14.0. The number of aromatic nitrogens is 3. The number of nitrogens with one attached hydrogen (secondary N) is 1. The Balaban J connectivity index is 2.34. The number of benzene rings is 1. The van der Waals surface area contributed by atoms with Crippen LogP contribution < -0.4 is 11.6 Å². The van der Waals surface area contributed by atoms with E-state index in [9.17, 15) is 0 Å². The quantitative estimate of drug-likeness (QED) is 0.293. The molecule has 0 aliphatic rings. The van der Waals surface area contributed by atoms with E-state index in [1.165, 1.54) is 0 Å². The van der Waals surface area contributed by atoms with Crippen molar-refractivity contribution in [3.8, 4) is 22.3 Å². The summed E-state index contributed by atoms with van der Waals surface area (Å²) in [5.41, 5.74) is 13.3. The molecule has 8 heteroatoms. The number of aromatic amines is 1. The smallest absolute Gasteiger partial charge is 0.141 e. The standard InChI is InChI=1S/C16H19N7O/c1-7-14(8(2)20-19-7)12-5-11(6-13(17)16(12)21-23-18)15-9(3)22-24-10(15)4/h5-6H,17H2,1-4H3,(H2,18,21)(H,19,20). The summed E-state index contributed by atoms with van der Waals surface area (Å²) in [5, 5.41) is 18.7. The van der Waals surface area contributed by atoms with Crippen LogP contribution in [-0.2, 0) is 0 Å². The molecule has 0 aliphatic carbocycles. The molecule has 3 rings (SSSR count). The minimum Gasteiger partial charge on any atom is -0.397 e. The molecule has 0 aliphatic heterocycles. The van der Waals surface area contributed by atoms with Gasteiger partial charge < -0.3 is 16.1 Å². The van der Waals surface area contributed by atoms with Gasteiger partial charge in [0.2, 0.25) is 0 Å². The number of nitrogens with two attached hydrogens (primary N) is 2.